The second kappa shape index (κ2) is 4.07. The topological polar surface area (TPSA) is 29.5 Å². The summed E-state index contributed by atoms with van der Waals surface area (Å²) in [5.41, 5.74) is 2.49. The maximum absolute atomic E-state index is 10.0. The zero-order valence-corrected chi connectivity index (χ0v) is 10.5. The van der Waals surface area contributed by atoms with E-state index >= 15 is 0 Å². The summed E-state index contributed by atoms with van der Waals surface area (Å²) in [4.78, 5) is 0. The third-order valence-corrected chi connectivity index (χ3v) is 3.38. The number of fused-ring (bicyclic) bond motifs is 1. The molecule has 0 spiro atoms. The van der Waals surface area contributed by atoms with E-state index in [-0.39, 0.29) is 5.76 Å². The second-order valence-electron chi connectivity index (χ2n) is 4.27. The molecule has 0 fully saturated rings. The average Bonchev–Trinajstić information content (AvgIpc) is 2.85. The largest absolute Gasteiger partial charge is 0.507 e. The van der Waals surface area contributed by atoms with E-state index in [2.05, 4.69) is 0 Å². The van der Waals surface area contributed by atoms with Crippen molar-refractivity contribution < 1.29 is 9.84 Å². The number of hydrogen-bond donors (Lipinski definition) is 1. The minimum Gasteiger partial charge on any atom is -0.507 e. The van der Waals surface area contributed by atoms with Crippen molar-refractivity contribution in [1.29, 1.82) is 0 Å². The van der Waals surface area contributed by atoms with Crippen LogP contribution in [0.2, 0.25) is 5.02 Å². The van der Waals surface area contributed by atoms with Gasteiger partial charge in [-0.1, -0.05) is 35.9 Å². The summed E-state index contributed by atoms with van der Waals surface area (Å²) in [5.74, 6) is 1.45. The monoisotopic (exact) mass is 258 g/mol. The standard InChI is InChI=1S/C15H11ClO2/c1-9-6-15-11(7-12(9)16)13(17)8-14(18-15)10-4-2-3-5-10/h2-8,17H,1H3. The van der Waals surface area contributed by atoms with E-state index in [0.29, 0.717) is 22.1 Å². The smallest absolute Gasteiger partial charge is 0.138 e. The summed E-state index contributed by atoms with van der Waals surface area (Å²) in [5, 5.41) is 10.7. The molecular formula is C15H11ClO2. The first-order valence-electron chi connectivity index (χ1n) is 5.63. The fourth-order valence-corrected chi connectivity index (χ4v) is 2.13. The van der Waals surface area contributed by atoms with Gasteiger partial charge in [0.05, 0.1) is 5.56 Å². The lowest BCUT2D eigenvalue weighted by Gasteiger charge is -2.19. The average molecular weight is 259 g/mol. The summed E-state index contributed by atoms with van der Waals surface area (Å²) >= 11 is 6.05. The summed E-state index contributed by atoms with van der Waals surface area (Å²) in [7, 11) is 0. The maximum atomic E-state index is 10.0. The highest BCUT2D eigenvalue weighted by atomic mass is 35.5. The van der Waals surface area contributed by atoms with Crippen LogP contribution in [0.5, 0.6) is 5.75 Å². The fourth-order valence-electron chi connectivity index (χ4n) is 1.97. The Morgan fingerprint density at radius 3 is 2.61 bits per heavy atom. The van der Waals surface area contributed by atoms with Crippen LogP contribution in [0.1, 0.15) is 11.1 Å². The number of aryl methyl sites for hydroxylation is 1. The van der Waals surface area contributed by atoms with Crippen molar-refractivity contribution in [1.82, 2.24) is 0 Å². The molecule has 0 saturated heterocycles. The Balaban J connectivity index is 2.15. The van der Waals surface area contributed by atoms with Crippen LogP contribution in [0.25, 0.3) is 5.76 Å². The molecule has 0 bridgehead atoms. The third kappa shape index (κ3) is 1.75. The van der Waals surface area contributed by atoms with Crippen molar-refractivity contribution in [3.05, 3.63) is 70.0 Å². The Bertz CT molecular complexity index is 635. The fraction of sp³-hybridized carbons (Fsp3) is 0.0667. The van der Waals surface area contributed by atoms with Gasteiger partial charge in [-0.25, -0.2) is 0 Å². The molecule has 0 amide bonds. The summed E-state index contributed by atoms with van der Waals surface area (Å²) in [6.45, 7) is 1.91. The first-order chi connectivity index (χ1) is 8.65. The lowest BCUT2D eigenvalue weighted by atomic mass is 10.1. The first-order valence-corrected chi connectivity index (χ1v) is 6.01. The first kappa shape index (κ1) is 11.2. The number of hydrogen-bond acceptors (Lipinski definition) is 2. The van der Waals surface area contributed by atoms with Crippen LogP contribution >= 0.6 is 11.6 Å². The molecule has 0 aromatic heterocycles. The predicted molar refractivity (Wildman–Crippen MR) is 72.7 cm³/mol. The van der Waals surface area contributed by atoms with Crippen LogP contribution in [0, 0.1) is 6.92 Å². The van der Waals surface area contributed by atoms with Gasteiger partial charge in [-0.15, -0.1) is 0 Å². The van der Waals surface area contributed by atoms with Gasteiger partial charge in [0, 0.05) is 16.7 Å². The van der Waals surface area contributed by atoms with E-state index in [4.69, 9.17) is 16.3 Å². The lowest BCUT2D eigenvalue weighted by molar-refractivity contribution is 0.415. The highest BCUT2D eigenvalue weighted by Crippen LogP contribution is 2.37. The van der Waals surface area contributed by atoms with Gasteiger partial charge < -0.3 is 9.84 Å². The molecule has 0 saturated carbocycles. The molecule has 18 heavy (non-hydrogen) atoms. The molecule has 3 rings (SSSR count). The SMILES string of the molecule is Cc1cc2c(cc1Cl)C(O)=CC(=C1C=CC=C1)O2. The molecule has 1 aromatic rings. The van der Waals surface area contributed by atoms with Gasteiger partial charge in [-0.3, -0.25) is 0 Å². The molecule has 0 atom stereocenters. The van der Waals surface area contributed by atoms with E-state index in [0.717, 1.165) is 11.1 Å². The second-order valence-corrected chi connectivity index (χ2v) is 4.67. The summed E-state index contributed by atoms with van der Waals surface area (Å²) in [6.07, 6.45) is 9.35. The molecule has 1 N–H and O–H groups in total. The highest BCUT2D eigenvalue weighted by Gasteiger charge is 2.19. The van der Waals surface area contributed by atoms with Crippen LogP contribution in [0.4, 0.5) is 0 Å². The van der Waals surface area contributed by atoms with Crippen molar-refractivity contribution in [2.45, 2.75) is 6.92 Å². The zero-order chi connectivity index (χ0) is 12.7. The number of benzene rings is 1. The third-order valence-electron chi connectivity index (χ3n) is 2.97. The molecule has 1 aromatic carbocycles. The number of halogens is 1. The Morgan fingerprint density at radius 1 is 1.17 bits per heavy atom. The predicted octanol–water partition coefficient (Wildman–Crippen LogP) is 4.32. The van der Waals surface area contributed by atoms with Gasteiger partial charge >= 0.3 is 0 Å². The molecule has 1 heterocycles. The summed E-state index contributed by atoms with van der Waals surface area (Å²) in [6, 6.07) is 3.56. The van der Waals surface area contributed by atoms with E-state index in [1.807, 2.05) is 37.3 Å². The molecule has 0 radical (unpaired) electrons. The van der Waals surface area contributed by atoms with E-state index < -0.39 is 0 Å². The van der Waals surface area contributed by atoms with E-state index in [1.165, 1.54) is 0 Å². The van der Waals surface area contributed by atoms with Crippen molar-refractivity contribution in [3.63, 3.8) is 0 Å². The lowest BCUT2D eigenvalue weighted by Crippen LogP contribution is -2.05. The molecule has 2 aliphatic rings. The van der Waals surface area contributed by atoms with Crippen molar-refractivity contribution in [2.75, 3.05) is 0 Å². The quantitative estimate of drug-likeness (QED) is 0.751. The van der Waals surface area contributed by atoms with E-state index in [1.54, 1.807) is 12.1 Å². The normalized spacial score (nSPS) is 16.7. The molecule has 2 nitrogen and oxygen atoms in total. The van der Waals surface area contributed by atoms with Crippen LogP contribution in [-0.2, 0) is 0 Å². The van der Waals surface area contributed by atoms with Crippen molar-refractivity contribution >= 4 is 17.4 Å². The van der Waals surface area contributed by atoms with Gasteiger partial charge in [0.1, 0.15) is 17.3 Å². The molecule has 1 aliphatic carbocycles. The number of aliphatic hydroxyl groups is 1. The molecule has 3 heteroatoms. The molecule has 90 valence electrons. The zero-order valence-electron chi connectivity index (χ0n) is 9.77. The number of ether oxygens (including phenoxy) is 1. The Labute approximate surface area is 110 Å². The van der Waals surface area contributed by atoms with Gasteiger partial charge in [0.2, 0.25) is 0 Å². The Kier molecular flexibility index (Phi) is 2.53. The van der Waals surface area contributed by atoms with Gasteiger partial charge in [-0.05, 0) is 24.6 Å². The molecule has 1 aliphatic heterocycles. The number of rotatable bonds is 0. The van der Waals surface area contributed by atoms with Crippen LogP contribution in [0.3, 0.4) is 0 Å². The van der Waals surface area contributed by atoms with Gasteiger partial charge in [0.25, 0.3) is 0 Å². The molecule has 0 unspecified atom stereocenters. The Morgan fingerprint density at radius 2 is 1.89 bits per heavy atom. The number of allylic oxidation sites excluding steroid dienone is 6. The van der Waals surface area contributed by atoms with Crippen LogP contribution in [-0.4, -0.2) is 5.11 Å². The van der Waals surface area contributed by atoms with Crippen LogP contribution < -0.4 is 4.74 Å². The van der Waals surface area contributed by atoms with Crippen LogP contribution in [0.15, 0.2) is 53.8 Å². The van der Waals surface area contributed by atoms with Crippen molar-refractivity contribution in [3.8, 4) is 5.75 Å². The minimum atomic E-state index is 0.175. The van der Waals surface area contributed by atoms with Gasteiger partial charge in [0.15, 0.2) is 0 Å². The van der Waals surface area contributed by atoms with Gasteiger partial charge in [-0.2, -0.15) is 0 Å². The number of aliphatic hydroxyl groups excluding tert-OH is 1. The Hall–Kier alpha value is -1.93. The minimum absolute atomic E-state index is 0.175. The maximum Gasteiger partial charge on any atom is 0.138 e. The molecular weight excluding hydrogens is 248 g/mol. The van der Waals surface area contributed by atoms with Crippen molar-refractivity contribution in [2.24, 2.45) is 0 Å². The summed E-state index contributed by atoms with van der Waals surface area (Å²) < 4.78 is 5.80. The highest BCUT2D eigenvalue weighted by molar-refractivity contribution is 6.31. The van der Waals surface area contributed by atoms with E-state index in [9.17, 15) is 5.11 Å².